The fourth-order valence-electron chi connectivity index (χ4n) is 1.90. The van der Waals surface area contributed by atoms with E-state index in [9.17, 15) is 22.8 Å². The summed E-state index contributed by atoms with van der Waals surface area (Å²) >= 11 is 0. The maximum Gasteiger partial charge on any atom is 0.573 e. The van der Waals surface area contributed by atoms with Crippen molar-refractivity contribution in [1.29, 1.82) is 0 Å². The highest BCUT2D eigenvalue weighted by Crippen LogP contribution is 2.27. The summed E-state index contributed by atoms with van der Waals surface area (Å²) in [5.41, 5.74) is 0.0821. The van der Waals surface area contributed by atoms with Crippen molar-refractivity contribution in [2.24, 2.45) is 0 Å². The van der Waals surface area contributed by atoms with Gasteiger partial charge in [-0.1, -0.05) is 19.9 Å². The molecule has 0 aliphatic carbocycles. The Morgan fingerprint density at radius 2 is 1.64 bits per heavy atom. The minimum absolute atomic E-state index is 0.0821. The first kappa shape index (κ1) is 18.0. The van der Waals surface area contributed by atoms with Crippen molar-refractivity contribution in [2.45, 2.75) is 45.9 Å². The Morgan fingerprint density at radius 1 is 1.09 bits per heavy atom. The van der Waals surface area contributed by atoms with Crippen molar-refractivity contribution >= 4 is 17.5 Å². The van der Waals surface area contributed by atoms with E-state index >= 15 is 0 Å². The Morgan fingerprint density at radius 3 is 2.09 bits per heavy atom. The number of anilines is 1. The molecule has 7 heteroatoms. The van der Waals surface area contributed by atoms with Gasteiger partial charge in [-0.25, -0.2) is 0 Å². The molecule has 1 aromatic carbocycles. The fourth-order valence-corrected chi connectivity index (χ4v) is 1.90. The van der Waals surface area contributed by atoms with Gasteiger partial charge in [-0.05, 0) is 25.0 Å². The van der Waals surface area contributed by atoms with E-state index in [1.807, 2.05) is 0 Å². The molecule has 0 saturated carbocycles. The van der Waals surface area contributed by atoms with Crippen molar-refractivity contribution < 1.29 is 27.5 Å². The first-order valence-electron chi connectivity index (χ1n) is 7.00. The molecule has 0 heterocycles. The Kier molecular flexibility index (Phi) is 6.39. The third kappa shape index (κ3) is 5.38. The van der Waals surface area contributed by atoms with Gasteiger partial charge in [0.15, 0.2) is 0 Å². The fraction of sp³-hybridized carbons (Fsp3) is 0.467. The number of halogens is 3. The molecule has 22 heavy (non-hydrogen) atoms. The maximum absolute atomic E-state index is 12.3. The molecule has 0 radical (unpaired) electrons. The van der Waals surface area contributed by atoms with E-state index < -0.39 is 23.9 Å². The molecule has 2 amide bonds. The number of nitrogens with zero attached hydrogens (tertiary/aromatic N) is 1. The molecule has 0 bridgehead atoms. The SMILES string of the molecule is CCCC(=O)N(C(=O)CCC)c1cccc(OC(F)(F)F)c1. The van der Waals surface area contributed by atoms with E-state index in [0.717, 1.165) is 17.0 Å². The number of carbonyl (C=O) groups excluding carboxylic acids is 2. The van der Waals surface area contributed by atoms with Crippen LogP contribution in [0.2, 0.25) is 0 Å². The van der Waals surface area contributed by atoms with Crippen LogP contribution in [0.4, 0.5) is 18.9 Å². The minimum Gasteiger partial charge on any atom is -0.406 e. The largest absolute Gasteiger partial charge is 0.573 e. The highest BCUT2D eigenvalue weighted by atomic mass is 19.4. The zero-order chi connectivity index (χ0) is 16.8. The van der Waals surface area contributed by atoms with Gasteiger partial charge in [-0.2, -0.15) is 0 Å². The summed E-state index contributed by atoms with van der Waals surface area (Å²) in [5.74, 6) is -1.35. The smallest absolute Gasteiger partial charge is 0.406 e. The number of hydrogen-bond donors (Lipinski definition) is 0. The summed E-state index contributed by atoms with van der Waals surface area (Å²) in [6, 6.07) is 4.87. The van der Waals surface area contributed by atoms with Gasteiger partial charge in [0.25, 0.3) is 0 Å². The van der Waals surface area contributed by atoms with Gasteiger partial charge in [-0.3, -0.25) is 14.5 Å². The van der Waals surface area contributed by atoms with Crippen molar-refractivity contribution in [3.63, 3.8) is 0 Å². The second-order valence-corrected chi connectivity index (χ2v) is 4.67. The van der Waals surface area contributed by atoms with Crippen LogP contribution in [0.1, 0.15) is 39.5 Å². The molecule has 0 saturated heterocycles. The molecule has 0 aliphatic heterocycles. The van der Waals surface area contributed by atoms with E-state index in [0.29, 0.717) is 12.8 Å². The quantitative estimate of drug-likeness (QED) is 0.795. The summed E-state index contributed by atoms with van der Waals surface area (Å²) in [6.45, 7) is 3.56. The lowest BCUT2D eigenvalue weighted by Crippen LogP contribution is -2.36. The third-order valence-corrected chi connectivity index (χ3v) is 2.74. The van der Waals surface area contributed by atoms with Crippen LogP contribution in [0, 0.1) is 0 Å². The van der Waals surface area contributed by atoms with E-state index in [4.69, 9.17) is 0 Å². The topological polar surface area (TPSA) is 46.6 Å². The van der Waals surface area contributed by atoms with Gasteiger partial charge in [-0.15, -0.1) is 13.2 Å². The summed E-state index contributed by atoms with van der Waals surface area (Å²) in [5, 5.41) is 0. The van der Waals surface area contributed by atoms with Crippen molar-refractivity contribution in [3.05, 3.63) is 24.3 Å². The summed E-state index contributed by atoms with van der Waals surface area (Å²) in [6.07, 6.45) is -3.48. The number of hydrogen-bond acceptors (Lipinski definition) is 3. The van der Waals surface area contributed by atoms with E-state index in [2.05, 4.69) is 4.74 Å². The second-order valence-electron chi connectivity index (χ2n) is 4.67. The van der Waals surface area contributed by atoms with Gasteiger partial charge in [0.2, 0.25) is 11.8 Å². The number of rotatable bonds is 6. The monoisotopic (exact) mass is 317 g/mol. The Bertz CT molecular complexity index is 511. The van der Waals surface area contributed by atoms with Gasteiger partial charge >= 0.3 is 6.36 Å². The van der Waals surface area contributed by atoms with Crippen molar-refractivity contribution in [3.8, 4) is 5.75 Å². The van der Waals surface area contributed by atoms with Gasteiger partial charge in [0.05, 0.1) is 5.69 Å². The average Bonchev–Trinajstić information content (AvgIpc) is 2.38. The van der Waals surface area contributed by atoms with Crippen LogP contribution in [0.3, 0.4) is 0 Å². The summed E-state index contributed by atoms with van der Waals surface area (Å²) in [7, 11) is 0. The molecule has 4 nitrogen and oxygen atoms in total. The Labute approximate surface area is 126 Å². The normalized spacial score (nSPS) is 11.1. The zero-order valence-corrected chi connectivity index (χ0v) is 12.4. The molecule has 0 spiro atoms. The summed E-state index contributed by atoms with van der Waals surface area (Å²) in [4.78, 5) is 25.1. The van der Waals surface area contributed by atoms with Crippen molar-refractivity contribution in [2.75, 3.05) is 4.90 Å². The molecule has 0 N–H and O–H groups in total. The molecular formula is C15H18F3NO3. The molecule has 0 unspecified atom stereocenters. The van der Waals surface area contributed by atoms with Crippen LogP contribution < -0.4 is 9.64 Å². The average molecular weight is 317 g/mol. The van der Waals surface area contributed by atoms with Crippen LogP contribution >= 0.6 is 0 Å². The highest BCUT2D eigenvalue weighted by molar-refractivity contribution is 6.14. The number of carbonyl (C=O) groups is 2. The molecule has 0 aliphatic rings. The van der Waals surface area contributed by atoms with Crippen LogP contribution in [-0.2, 0) is 9.59 Å². The number of benzene rings is 1. The maximum atomic E-state index is 12.3. The molecule has 1 aromatic rings. The zero-order valence-electron chi connectivity index (χ0n) is 12.4. The summed E-state index contributed by atoms with van der Waals surface area (Å²) < 4.78 is 40.6. The molecule has 122 valence electrons. The van der Waals surface area contributed by atoms with Crippen LogP contribution in [-0.4, -0.2) is 18.2 Å². The standard InChI is InChI=1S/C15H18F3NO3/c1-3-6-13(20)19(14(21)7-4-2)11-8-5-9-12(10-11)22-15(16,17)18/h5,8-10H,3-4,6-7H2,1-2H3. The lowest BCUT2D eigenvalue weighted by atomic mass is 10.2. The van der Waals surface area contributed by atoms with Crippen LogP contribution in [0.25, 0.3) is 0 Å². The van der Waals surface area contributed by atoms with Crippen LogP contribution in [0.5, 0.6) is 5.75 Å². The number of amides is 2. The molecular weight excluding hydrogens is 299 g/mol. The lowest BCUT2D eigenvalue weighted by Gasteiger charge is -2.21. The van der Waals surface area contributed by atoms with Crippen LogP contribution in [0.15, 0.2) is 24.3 Å². The third-order valence-electron chi connectivity index (χ3n) is 2.74. The molecule has 0 fully saturated rings. The molecule has 1 rings (SSSR count). The van der Waals surface area contributed by atoms with E-state index in [1.165, 1.54) is 12.1 Å². The van der Waals surface area contributed by atoms with Gasteiger partial charge in [0, 0.05) is 18.9 Å². The lowest BCUT2D eigenvalue weighted by molar-refractivity contribution is -0.274. The first-order valence-corrected chi connectivity index (χ1v) is 7.00. The van der Waals surface area contributed by atoms with Gasteiger partial charge in [0.1, 0.15) is 5.75 Å². The van der Waals surface area contributed by atoms with E-state index in [-0.39, 0.29) is 18.5 Å². The predicted octanol–water partition coefficient (Wildman–Crippen LogP) is 4.05. The molecule has 0 atom stereocenters. The predicted molar refractivity (Wildman–Crippen MR) is 75.4 cm³/mol. The van der Waals surface area contributed by atoms with Gasteiger partial charge < -0.3 is 4.74 Å². The number of alkyl halides is 3. The number of imide groups is 1. The number of ether oxygens (including phenoxy) is 1. The highest BCUT2D eigenvalue weighted by Gasteiger charge is 2.31. The van der Waals surface area contributed by atoms with Crippen molar-refractivity contribution in [1.82, 2.24) is 0 Å². The Hall–Kier alpha value is -2.05. The van der Waals surface area contributed by atoms with E-state index in [1.54, 1.807) is 13.8 Å². The second kappa shape index (κ2) is 7.82. The first-order chi connectivity index (χ1) is 10.3. The molecule has 0 aromatic heterocycles. The Balaban J connectivity index is 3.11. The minimum atomic E-state index is -4.83.